The number of unbranched alkanes of at least 4 members (excludes halogenated alkanes) is 7. The van der Waals surface area contributed by atoms with Gasteiger partial charge in [-0.05, 0) is 77.3 Å². The summed E-state index contributed by atoms with van der Waals surface area (Å²) in [5, 5.41) is 20.8. The van der Waals surface area contributed by atoms with Gasteiger partial charge < -0.3 is 30.2 Å². The van der Waals surface area contributed by atoms with Gasteiger partial charge in [0.25, 0.3) is 0 Å². The SMILES string of the molecule is COc1ccc(C(=NCCCCCCCC(=O)OC(C)(C)C)c2ccccc2)c(O)c1.COc1ccc(C(=NCCCCCCN)c2ccccc2)c(O)c1. The second-order valence-electron chi connectivity index (χ2n) is 14.3. The van der Waals surface area contributed by atoms with Gasteiger partial charge in [-0.1, -0.05) is 92.8 Å². The summed E-state index contributed by atoms with van der Waals surface area (Å²) in [5.41, 5.74) is 10.1. The zero-order valence-electron chi connectivity index (χ0n) is 33.4. The number of nitrogens with two attached hydrogens (primary N) is 1. The smallest absolute Gasteiger partial charge is 0.306 e. The summed E-state index contributed by atoms with van der Waals surface area (Å²) in [6.45, 7) is 7.84. The Morgan fingerprint density at radius 3 is 1.42 bits per heavy atom. The van der Waals surface area contributed by atoms with E-state index < -0.39 is 5.60 Å². The van der Waals surface area contributed by atoms with Crippen molar-refractivity contribution < 1.29 is 29.2 Å². The number of rotatable bonds is 20. The molecule has 0 saturated carbocycles. The molecular formula is C46H61N3O6. The Labute approximate surface area is 328 Å². The van der Waals surface area contributed by atoms with Gasteiger partial charge in [0.1, 0.15) is 28.6 Å². The Bertz CT molecular complexity index is 1770. The summed E-state index contributed by atoms with van der Waals surface area (Å²) in [7, 11) is 3.16. The molecule has 0 fully saturated rings. The van der Waals surface area contributed by atoms with Gasteiger partial charge in [0.15, 0.2) is 0 Å². The van der Waals surface area contributed by atoms with Gasteiger partial charge in [-0.2, -0.15) is 0 Å². The van der Waals surface area contributed by atoms with Crippen molar-refractivity contribution in [1.82, 2.24) is 0 Å². The topological polar surface area (TPSA) is 136 Å². The highest BCUT2D eigenvalue weighted by Gasteiger charge is 2.16. The molecule has 0 bridgehead atoms. The Morgan fingerprint density at radius 2 is 1.02 bits per heavy atom. The number of methoxy groups -OCH3 is 2. The molecule has 4 N–H and O–H groups in total. The minimum absolute atomic E-state index is 0.121. The largest absolute Gasteiger partial charge is 0.507 e. The summed E-state index contributed by atoms with van der Waals surface area (Å²) in [6.07, 6.45) is 9.76. The molecule has 0 radical (unpaired) electrons. The second kappa shape index (κ2) is 24.3. The van der Waals surface area contributed by atoms with Crippen molar-refractivity contribution in [3.05, 3.63) is 119 Å². The third-order valence-corrected chi connectivity index (χ3v) is 8.63. The minimum atomic E-state index is -0.413. The number of phenols is 2. The highest BCUT2D eigenvalue weighted by molar-refractivity contribution is 6.15. The lowest BCUT2D eigenvalue weighted by Gasteiger charge is -2.19. The lowest BCUT2D eigenvalue weighted by Crippen LogP contribution is -2.23. The third-order valence-electron chi connectivity index (χ3n) is 8.63. The van der Waals surface area contributed by atoms with E-state index >= 15 is 0 Å². The van der Waals surface area contributed by atoms with E-state index in [0.29, 0.717) is 30.0 Å². The molecule has 0 atom stereocenters. The maximum Gasteiger partial charge on any atom is 0.306 e. The third kappa shape index (κ3) is 16.4. The van der Waals surface area contributed by atoms with Crippen LogP contribution >= 0.6 is 0 Å². The molecule has 0 unspecified atom stereocenters. The molecule has 4 rings (SSSR count). The predicted molar refractivity (Wildman–Crippen MR) is 224 cm³/mol. The van der Waals surface area contributed by atoms with Crippen LogP contribution in [-0.2, 0) is 9.53 Å². The van der Waals surface area contributed by atoms with Crippen molar-refractivity contribution in [2.45, 2.75) is 90.6 Å². The van der Waals surface area contributed by atoms with E-state index in [9.17, 15) is 15.0 Å². The van der Waals surface area contributed by atoms with E-state index in [4.69, 9.17) is 29.9 Å². The molecule has 4 aromatic carbocycles. The van der Waals surface area contributed by atoms with E-state index in [2.05, 4.69) is 0 Å². The highest BCUT2D eigenvalue weighted by atomic mass is 16.6. The van der Waals surface area contributed by atoms with E-state index in [1.165, 1.54) is 0 Å². The van der Waals surface area contributed by atoms with E-state index in [1.54, 1.807) is 26.4 Å². The summed E-state index contributed by atoms with van der Waals surface area (Å²) in [4.78, 5) is 21.3. The number of aromatic hydroxyl groups is 2. The average molecular weight is 752 g/mol. The first-order chi connectivity index (χ1) is 26.6. The number of benzene rings is 4. The molecule has 0 aromatic heterocycles. The monoisotopic (exact) mass is 751 g/mol. The summed E-state index contributed by atoms with van der Waals surface area (Å²) >= 11 is 0. The fourth-order valence-electron chi connectivity index (χ4n) is 5.83. The molecule has 0 aliphatic carbocycles. The molecule has 296 valence electrons. The van der Waals surface area contributed by atoms with E-state index in [1.807, 2.05) is 106 Å². The van der Waals surface area contributed by atoms with Gasteiger partial charge in [0.05, 0.1) is 25.6 Å². The minimum Gasteiger partial charge on any atom is -0.507 e. The number of ether oxygens (including phenoxy) is 3. The summed E-state index contributed by atoms with van der Waals surface area (Å²) < 4.78 is 15.7. The zero-order valence-corrected chi connectivity index (χ0v) is 33.4. The van der Waals surface area contributed by atoms with Crippen molar-refractivity contribution in [3.8, 4) is 23.0 Å². The van der Waals surface area contributed by atoms with Crippen LogP contribution in [0, 0.1) is 0 Å². The number of aliphatic imine (C=N–C) groups is 2. The van der Waals surface area contributed by atoms with Gasteiger partial charge in [0.2, 0.25) is 0 Å². The van der Waals surface area contributed by atoms with Crippen molar-refractivity contribution in [1.29, 1.82) is 0 Å². The van der Waals surface area contributed by atoms with Crippen LogP contribution in [0.15, 0.2) is 107 Å². The van der Waals surface area contributed by atoms with Crippen LogP contribution in [0.3, 0.4) is 0 Å². The lowest BCUT2D eigenvalue weighted by atomic mass is 10.0. The number of hydrogen-bond acceptors (Lipinski definition) is 9. The normalized spacial score (nSPS) is 11.7. The van der Waals surface area contributed by atoms with Crippen molar-refractivity contribution in [2.24, 2.45) is 15.7 Å². The molecule has 0 heterocycles. The van der Waals surface area contributed by atoms with Gasteiger partial charge in [-0.25, -0.2) is 0 Å². The molecule has 0 aliphatic rings. The van der Waals surface area contributed by atoms with Crippen LogP contribution in [-0.4, -0.2) is 67.1 Å². The molecule has 9 nitrogen and oxygen atoms in total. The van der Waals surface area contributed by atoms with Crippen LogP contribution in [0.2, 0.25) is 0 Å². The maximum atomic E-state index is 11.7. The zero-order chi connectivity index (χ0) is 39.9. The number of carbonyl (C=O) groups excluding carboxylic acids is 1. The first-order valence-electron chi connectivity index (χ1n) is 19.4. The van der Waals surface area contributed by atoms with E-state index in [0.717, 1.165) is 99.0 Å². The van der Waals surface area contributed by atoms with Crippen LogP contribution in [0.4, 0.5) is 0 Å². The van der Waals surface area contributed by atoms with Crippen molar-refractivity contribution >= 4 is 17.4 Å². The second-order valence-corrected chi connectivity index (χ2v) is 14.3. The molecule has 0 spiro atoms. The van der Waals surface area contributed by atoms with E-state index in [-0.39, 0.29) is 17.5 Å². The van der Waals surface area contributed by atoms with Crippen LogP contribution < -0.4 is 15.2 Å². The first kappa shape index (κ1) is 44.2. The molecule has 0 amide bonds. The average Bonchev–Trinajstić information content (AvgIpc) is 3.18. The number of phenolic OH excluding ortho intramolecular Hbond substituents is 2. The molecule has 4 aromatic rings. The molecule has 9 heteroatoms. The summed E-state index contributed by atoms with van der Waals surface area (Å²) in [6, 6.07) is 30.5. The Balaban J connectivity index is 0.000000305. The van der Waals surface area contributed by atoms with Gasteiger partial charge in [-0.15, -0.1) is 0 Å². The Kier molecular flexibility index (Phi) is 19.5. The van der Waals surface area contributed by atoms with Gasteiger partial charge in [0, 0.05) is 53.9 Å². The fourth-order valence-corrected chi connectivity index (χ4v) is 5.83. The van der Waals surface area contributed by atoms with Crippen LogP contribution in [0.5, 0.6) is 23.0 Å². The molecule has 0 aliphatic heterocycles. The van der Waals surface area contributed by atoms with Gasteiger partial charge >= 0.3 is 5.97 Å². The quantitative estimate of drug-likeness (QED) is 0.0465. The van der Waals surface area contributed by atoms with Crippen molar-refractivity contribution in [2.75, 3.05) is 33.9 Å². The molecular weight excluding hydrogens is 691 g/mol. The standard InChI is InChI=1S/C26H35NO4.C20H26N2O2/c1-26(2,3)31-24(29)15-11-6-5-7-12-18-27-25(20-13-9-8-10-14-20)22-17-16-21(30-4)19-23(22)28;1-24-17-11-12-18(19(23)15-17)20(16-9-5-4-6-10-16)22-14-8-3-2-7-13-21/h8-10,13-14,16-17,19,28H,5-7,11-12,15,18H2,1-4H3;4-6,9-12,15,23H,2-3,7-8,13-14,21H2,1H3. The van der Waals surface area contributed by atoms with Gasteiger partial charge in [-0.3, -0.25) is 14.8 Å². The number of esters is 1. The fraction of sp³-hybridized carbons (Fsp3) is 0.413. The van der Waals surface area contributed by atoms with Crippen molar-refractivity contribution in [3.63, 3.8) is 0 Å². The lowest BCUT2D eigenvalue weighted by molar-refractivity contribution is -0.154. The highest BCUT2D eigenvalue weighted by Crippen LogP contribution is 2.28. The Hall–Kier alpha value is -5.15. The first-order valence-corrected chi connectivity index (χ1v) is 19.4. The molecule has 55 heavy (non-hydrogen) atoms. The maximum absolute atomic E-state index is 11.7. The number of hydrogen-bond donors (Lipinski definition) is 3. The summed E-state index contributed by atoms with van der Waals surface area (Å²) in [5.74, 6) is 1.46. The number of nitrogens with zero attached hydrogens (tertiary/aromatic N) is 2. The number of carbonyl (C=O) groups is 1. The van der Waals surface area contributed by atoms with Crippen LogP contribution in [0.1, 0.15) is 107 Å². The van der Waals surface area contributed by atoms with Crippen LogP contribution in [0.25, 0.3) is 0 Å². The Morgan fingerprint density at radius 1 is 0.600 bits per heavy atom. The molecule has 0 saturated heterocycles. The predicted octanol–water partition coefficient (Wildman–Crippen LogP) is 9.68.